The highest BCUT2D eigenvalue weighted by atomic mass is 35.5. The Morgan fingerprint density at radius 2 is 2.00 bits per heavy atom. The van der Waals surface area contributed by atoms with E-state index in [9.17, 15) is 0 Å². The van der Waals surface area contributed by atoms with Crippen LogP contribution in [0.4, 0.5) is 0 Å². The third kappa shape index (κ3) is 1.38. The van der Waals surface area contributed by atoms with Gasteiger partial charge in [-0.3, -0.25) is 9.97 Å². The van der Waals surface area contributed by atoms with Crippen LogP contribution in [0.1, 0.15) is 11.3 Å². The van der Waals surface area contributed by atoms with Crippen LogP contribution in [-0.4, -0.2) is 9.97 Å². The number of halogens is 1. The molecular weight excluding hydrogens is 184 g/mol. The third-order valence-corrected chi connectivity index (χ3v) is 2.26. The topological polar surface area (TPSA) is 25.8 Å². The van der Waals surface area contributed by atoms with Crippen molar-refractivity contribution in [2.45, 2.75) is 13.8 Å². The van der Waals surface area contributed by atoms with Crippen LogP contribution in [0.25, 0.3) is 11.0 Å². The molecule has 0 fully saturated rings. The molecule has 2 aromatic rings. The third-order valence-electron chi connectivity index (χ3n) is 1.98. The van der Waals surface area contributed by atoms with E-state index in [2.05, 4.69) is 9.97 Å². The lowest BCUT2D eigenvalue weighted by Gasteiger charge is -2.02. The van der Waals surface area contributed by atoms with Gasteiger partial charge in [0.15, 0.2) is 0 Å². The molecule has 2 heterocycles. The molecule has 0 saturated carbocycles. The monoisotopic (exact) mass is 192 g/mol. The molecule has 3 heteroatoms. The average molecular weight is 193 g/mol. The van der Waals surface area contributed by atoms with E-state index in [-0.39, 0.29) is 0 Å². The Kier molecular flexibility index (Phi) is 1.93. The van der Waals surface area contributed by atoms with Gasteiger partial charge in [0.25, 0.3) is 0 Å². The van der Waals surface area contributed by atoms with Gasteiger partial charge in [-0.1, -0.05) is 11.6 Å². The van der Waals surface area contributed by atoms with Gasteiger partial charge < -0.3 is 0 Å². The van der Waals surface area contributed by atoms with E-state index in [1.54, 1.807) is 6.20 Å². The highest BCUT2D eigenvalue weighted by Crippen LogP contribution is 2.22. The fourth-order valence-corrected chi connectivity index (χ4v) is 1.62. The van der Waals surface area contributed by atoms with Crippen molar-refractivity contribution in [3.05, 3.63) is 34.6 Å². The lowest BCUT2D eigenvalue weighted by Crippen LogP contribution is -1.89. The Morgan fingerprint density at radius 3 is 2.77 bits per heavy atom. The molecule has 0 bridgehead atoms. The number of fused-ring (bicyclic) bond motifs is 1. The van der Waals surface area contributed by atoms with Gasteiger partial charge in [0, 0.05) is 11.9 Å². The van der Waals surface area contributed by atoms with Crippen LogP contribution in [0.5, 0.6) is 0 Å². The molecular formula is C10H9ClN2. The summed E-state index contributed by atoms with van der Waals surface area (Å²) in [5.74, 6) is 0. The SMILES string of the molecule is Cc1cc(Cl)c2nccc(C)c2n1. The standard InChI is InChI=1S/C10H9ClN2/c1-6-3-4-12-10-8(11)5-7(2)13-9(6)10/h3-5H,1-2H3. The van der Waals surface area contributed by atoms with Gasteiger partial charge in [-0.15, -0.1) is 0 Å². The Bertz CT molecular complexity index is 466. The van der Waals surface area contributed by atoms with Crippen LogP contribution in [0.15, 0.2) is 18.3 Å². The normalized spacial score (nSPS) is 10.7. The number of aryl methyl sites for hydroxylation is 2. The fraction of sp³-hybridized carbons (Fsp3) is 0.200. The van der Waals surface area contributed by atoms with Crippen LogP contribution in [0.2, 0.25) is 5.02 Å². The fourth-order valence-electron chi connectivity index (χ4n) is 1.33. The minimum atomic E-state index is 0.672. The number of pyridine rings is 2. The summed E-state index contributed by atoms with van der Waals surface area (Å²) in [5.41, 5.74) is 3.71. The van der Waals surface area contributed by atoms with Crippen molar-refractivity contribution in [3.8, 4) is 0 Å². The summed E-state index contributed by atoms with van der Waals surface area (Å²) in [6, 6.07) is 3.77. The molecule has 66 valence electrons. The predicted octanol–water partition coefficient (Wildman–Crippen LogP) is 2.90. The molecule has 0 spiro atoms. The van der Waals surface area contributed by atoms with Crippen LogP contribution in [0.3, 0.4) is 0 Å². The predicted molar refractivity (Wildman–Crippen MR) is 54.0 cm³/mol. The Labute approximate surface area is 81.6 Å². The van der Waals surface area contributed by atoms with E-state index < -0.39 is 0 Å². The first-order valence-electron chi connectivity index (χ1n) is 4.07. The number of hydrogen-bond acceptors (Lipinski definition) is 2. The smallest absolute Gasteiger partial charge is 0.108 e. The van der Waals surface area contributed by atoms with Crippen molar-refractivity contribution in [1.29, 1.82) is 0 Å². The van der Waals surface area contributed by atoms with Crippen LogP contribution < -0.4 is 0 Å². The van der Waals surface area contributed by atoms with Crippen molar-refractivity contribution in [3.63, 3.8) is 0 Å². The first-order valence-corrected chi connectivity index (χ1v) is 4.45. The summed E-state index contributed by atoms with van der Waals surface area (Å²) < 4.78 is 0. The van der Waals surface area contributed by atoms with Gasteiger partial charge in [-0.05, 0) is 31.5 Å². The summed E-state index contributed by atoms with van der Waals surface area (Å²) in [6.45, 7) is 3.94. The number of aromatic nitrogens is 2. The number of nitrogens with zero attached hydrogens (tertiary/aromatic N) is 2. The molecule has 2 rings (SSSR count). The van der Waals surface area contributed by atoms with E-state index in [0.717, 1.165) is 22.3 Å². The average Bonchev–Trinajstić information content (AvgIpc) is 2.07. The second kappa shape index (κ2) is 2.96. The second-order valence-corrected chi connectivity index (χ2v) is 3.48. The molecule has 0 N–H and O–H groups in total. The van der Waals surface area contributed by atoms with Gasteiger partial charge in [0.1, 0.15) is 5.52 Å². The highest BCUT2D eigenvalue weighted by Gasteiger charge is 2.04. The van der Waals surface area contributed by atoms with Gasteiger partial charge in [-0.2, -0.15) is 0 Å². The first kappa shape index (κ1) is 8.45. The zero-order chi connectivity index (χ0) is 9.42. The molecule has 0 amide bonds. The molecule has 0 aliphatic rings. The molecule has 0 aliphatic heterocycles. The minimum absolute atomic E-state index is 0.672. The van der Waals surface area contributed by atoms with Crippen LogP contribution >= 0.6 is 11.6 Å². The summed E-state index contributed by atoms with van der Waals surface area (Å²) in [7, 11) is 0. The molecule has 0 unspecified atom stereocenters. The number of rotatable bonds is 0. The van der Waals surface area contributed by atoms with Crippen molar-refractivity contribution in [2.24, 2.45) is 0 Å². The molecule has 0 radical (unpaired) electrons. The molecule has 0 aromatic carbocycles. The largest absolute Gasteiger partial charge is 0.253 e. The quantitative estimate of drug-likeness (QED) is 0.642. The van der Waals surface area contributed by atoms with Crippen molar-refractivity contribution in [1.82, 2.24) is 9.97 Å². The molecule has 2 aromatic heterocycles. The first-order chi connectivity index (χ1) is 6.18. The van der Waals surface area contributed by atoms with Gasteiger partial charge in [-0.25, -0.2) is 0 Å². The molecule has 0 atom stereocenters. The van der Waals surface area contributed by atoms with Crippen molar-refractivity contribution >= 4 is 22.6 Å². The van der Waals surface area contributed by atoms with Gasteiger partial charge >= 0.3 is 0 Å². The molecule has 0 aliphatic carbocycles. The Morgan fingerprint density at radius 1 is 1.23 bits per heavy atom. The zero-order valence-corrected chi connectivity index (χ0v) is 8.26. The second-order valence-electron chi connectivity index (χ2n) is 3.07. The van der Waals surface area contributed by atoms with Crippen molar-refractivity contribution in [2.75, 3.05) is 0 Å². The van der Waals surface area contributed by atoms with E-state index in [0.29, 0.717) is 5.02 Å². The van der Waals surface area contributed by atoms with Crippen LogP contribution in [0, 0.1) is 13.8 Å². The lowest BCUT2D eigenvalue weighted by molar-refractivity contribution is 1.22. The maximum atomic E-state index is 6.03. The Hall–Kier alpha value is -1.15. The zero-order valence-electron chi connectivity index (χ0n) is 7.50. The molecule has 13 heavy (non-hydrogen) atoms. The van der Waals surface area contributed by atoms with E-state index in [1.807, 2.05) is 26.0 Å². The summed E-state index contributed by atoms with van der Waals surface area (Å²) in [6.07, 6.45) is 1.75. The summed E-state index contributed by atoms with van der Waals surface area (Å²) in [4.78, 5) is 8.58. The molecule has 2 nitrogen and oxygen atoms in total. The number of hydrogen-bond donors (Lipinski definition) is 0. The van der Waals surface area contributed by atoms with Crippen molar-refractivity contribution < 1.29 is 0 Å². The summed E-state index contributed by atoms with van der Waals surface area (Å²) >= 11 is 6.03. The van der Waals surface area contributed by atoms with Gasteiger partial charge in [0.2, 0.25) is 0 Å². The van der Waals surface area contributed by atoms with E-state index in [4.69, 9.17) is 11.6 Å². The van der Waals surface area contributed by atoms with Crippen LogP contribution in [-0.2, 0) is 0 Å². The Balaban J connectivity index is 2.94. The highest BCUT2D eigenvalue weighted by molar-refractivity contribution is 6.34. The van der Waals surface area contributed by atoms with E-state index >= 15 is 0 Å². The lowest BCUT2D eigenvalue weighted by atomic mass is 10.2. The minimum Gasteiger partial charge on any atom is -0.253 e. The summed E-state index contributed by atoms with van der Waals surface area (Å²) in [5, 5.41) is 0.672. The maximum absolute atomic E-state index is 6.03. The van der Waals surface area contributed by atoms with E-state index in [1.165, 1.54) is 0 Å². The maximum Gasteiger partial charge on any atom is 0.108 e. The van der Waals surface area contributed by atoms with Gasteiger partial charge in [0.05, 0.1) is 10.5 Å². The molecule has 0 saturated heterocycles.